The van der Waals surface area contributed by atoms with Crippen molar-refractivity contribution in [3.8, 4) is 5.75 Å². The number of unbranched alkanes of at least 4 members (excludes halogenated alkanes) is 2. The highest BCUT2D eigenvalue weighted by molar-refractivity contribution is 6.32. The summed E-state index contributed by atoms with van der Waals surface area (Å²) in [7, 11) is 0. The van der Waals surface area contributed by atoms with Crippen LogP contribution in [-0.4, -0.2) is 24.9 Å². The number of ether oxygens (including phenoxy) is 1. The smallest absolute Gasteiger partial charge is 0.137 e. The normalized spacial score (nSPS) is 10.1. The van der Waals surface area contributed by atoms with Crippen LogP contribution in [0.25, 0.3) is 0 Å². The van der Waals surface area contributed by atoms with Crippen molar-refractivity contribution in [2.75, 3.05) is 19.8 Å². The van der Waals surface area contributed by atoms with E-state index in [4.69, 9.17) is 21.4 Å². The first-order valence-electron chi connectivity index (χ1n) is 6.50. The summed E-state index contributed by atoms with van der Waals surface area (Å²) < 4.78 is 5.39. The third-order valence-electron chi connectivity index (χ3n) is 2.64. The lowest BCUT2D eigenvalue weighted by molar-refractivity contribution is 0.283. The van der Waals surface area contributed by atoms with Crippen LogP contribution in [0.3, 0.4) is 0 Å². The second kappa shape index (κ2) is 11.4. The van der Waals surface area contributed by atoms with Gasteiger partial charge in [0.05, 0.1) is 11.6 Å². The van der Waals surface area contributed by atoms with Crippen molar-refractivity contribution >= 4 is 24.0 Å². The number of hydrogen-bond donors (Lipinski definition) is 2. The second-order valence-electron chi connectivity index (χ2n) is 4.16. The Morgan fingerprint density at radius 1 is 1.26 bits per heavy atom. The maximum atomic E-state index is 8.65. The lowest BCUT2D eigenvalue weighted by Crippen LogP contribution is -2.14. The number of nitrogens with one attached hydrogen (secondary N) is 1. The van der Waals surface area contributed by atoms with Crippen molar-refractivity contribution in [2.24, 2.45) is 0 Å². The molecule has 0 spiro atoms. The van der Waals surface area contributed by atoms with E-state index in [-0.39, 0.29) is 19.0 Å². The summed E-state index contributed by atoms with van der Waals surface area (Å²) in [6.07, 6.45) is 3.04. The van der Waals surface area contributed by atoms with Gasteiger partial charge in [-0.25, -0.2) is 0 Å². The monoisotopic (exact) mass is 307 g/mol. The van der Waals surface area contributed by atoms with E-state index in [1.54, 1.807) is 0 Å². The van der Waals surface area contributed by atoms with Gasteiger partial charge in [-0.3, -0.25) is 0 Å². The van der Waals surface area contributed by atoms with Crippen molar-refractivity contribution in [1.82, 2.24) is 5.32 Å². The van der Waals surface area contributed by atoms with Gasteiger partial charge in [0, 0.05) is 13.2 Å². The van der Waals surface area contributed by atoms with E-state index in [0.717, 1.165) is 43.7 Å². The Hall–Kier alpha value is -0.480. The highest BCUT2D eigenvalue weighted by atomic mass is 35.5. The summed E-state index contributed by atoms with van der Waals surface area (Å²) in [4.78, 5) is 0. The van der Waals surface area contributed by atoms with Crippen LogP contribution in [0.2, 0.25) is 5.02 Å². The minimum absolute atomic E-state index is 0. The van der Waals surface area contributed by atoms with Gasteiger partial charge in [-0.15, -0.1) is 12.4 Å². The molecule has 0 aliphatic carbocycles. The number of rotatable bonds is 9. The fourth-order valence-corrected chi connectivity index (χ4v) is 1.96. The van der Waals surface area contributed by atoms with Crippen molar-refractivity contribution in [3.05, 3.63) is 28.8 Å². The maximum Gasteiger partial charge on any atom is 0.137 e. The fourth-order valence-electron chi connectivity index (χ4n) is 1.70. The summed E-state index contributed by atoms with van der Waals surface area (Å²) in [6.45, 7) is 4.63. The molecule has 5 heteroatoms. The molecule has 0 bridgehead atoms. The number of aliphatic hydroxyl groups excluding tert-OH is 1. The van der Waals surface area contributed by atoms with Crippen molar-refractivity contribution in [3.63, 3.8) is 0 Å². The van der Waals surface area contributed by atoms with Crippen molar-refractivity contribution in [2.45, 2.75) is 32.7 Å². The predicted molar refractivity (Wildman–Crippen MR) is 82.5 cm³/mol. The lowest BCUT2D eigenvalue weighted by atomic mass is 10.2. The first kappa shape index (κ1) is 18.5. The van der Waals surface area contributed by atoms with Crippen molar-refractivity contribution < 1.29 is 9.84 Å². The fraction of sp³-hybridized carbons (Fsp3) is 0.571. The molecule has 2 N–H and O–H groups in total. The average Bonchev–Trinajstić information content (AvgIpc) is 2.37. The molecular formula is C14H23Cl2NO2. The molecule has 1 aromatic carbocycles. The van der Waals surface area contributed by atoms with Crippen LogP contribution in [0.15, 0.2) is 18.2 Å². The van der Waals surface area contributed by atoms with Crippen LogP contribution in [0.1, 0.15) is 31.7 Å². The molecule has 0 unspecified atom stereocenters. The highest BCUT2D eigenvalue weighted by Gasteiger charge is 2.02. The van der Waals surface area contributed by atoms with E-state index in [9.17, 15) is 0 Å². The van der Waals surface area contributed by atoms with Crippen molar-refractivity contribution in [1.29, 1.82) is 0 Å². The first-order valence-corrected chi connectivity index (χ1v) is 6.88. The van der Waals surface area contributed by atoms with Gasteiger partial charge < -0.3 is 15.2 Å². The molecule has 0 fully saturated rings. The Bertz CT molecular complexity index is 348. The third-order valence-corrected chi connectivity index (χ3v) is 2.93. The minimum atomic E-state index is 0. The Balaban J connectivity index is 0.00000324. The molecule has 0 saturated heterocycles. The van der Waals surface area contributed by atoms with Gasteiger partial charge in [0.1, 0.15) is 5.75 Å². The Morgan fingerprint density at radius 2 is 2.05 bits per heavy atom. The van der Waals surface area contributed by atoms with E-state index < -0.39 is 0 Å². The molecule has 3 nitrogen and oxygen atoms in total. The SMILES string of the molecule is CCOc1ccc(CNCCCCCO)cc1Cl.Cl. The van der Waals surface area contributed by atoms with Gasteiger partial charge in [0.25, 0.3) is 0 Å². The van der Waals surface area contributed by atoms with Gasteiger partial charge in [0.2, 0.25) is 0 Å². The summed E-state index contributed by atoms with van der Waals surface area (Å²) >= 11 is 6.11. The highest BCUT2D eigenvalue weighted by Crippen LogP contribution is 2.25. The molecule has 0 aliphatic rings. The number of benzene rings is 1. The van der Waals surface area contributed by atoms with Gasteiger partial charge >= 0.3 is 0 Å². The van der Waals surface area contributed by atoms with Gasteiger partial charge in [0.15, 0.2) is 0 Å². The van der Waals surface area contributed by atoms with E-state index >= 15 is 0 Å². The maximum absolute atomic E-state index is 8.65. The molecule has 0 saturated carbocycles. The van der Waals surface area contributed by atoms with E-state index in [2.05, 4.69) is 5.32 Å². The van der Waals surface area contributed by atoms with Crippen LogP contribution in [-0.2, 0) is 6.54 Å². The van der Waals surface area contributed by atoms with Crippen LogP contribution in [0.5, 0.6) is 5.75 Å². The van der Waals surface area contributed by atoms with Crippen LogP contribution in [0.4, 0.5) is 0 Å². The Labute approximate surface area is 126 Å². The number of halogens is 2. The first-order chi connectivity index (χ1) is 8.77. The van der Waals surface area contributed by atoms with Gasteiger partial charge in [-0.2, -0.15) is 0 Å². The van der Waals surface area contributed by atoms with Gasteiger partial charge in [-0.05, 0) is 50.4 Å². The van der Waals surface area contributed by atoms with Crippen LogP contribution >= 0.6 is 24.0 Å². The molecule has 110 valence electrons. The molecule has 0 amide bonds. The van der Waals surface area contributed by atoms with E-state index in [1.807, 2.05) is 25.1 Å². The van der Waals surface area contributed by atoms with E-state index in [1.165, 1.54) is 0 Å². The third kappa shape index (κ3) is 7.63. The molecule has 1 rings (SSSR count). The number of aliphatic hydroxyl groups is 1. The zero-order valence-corrected chi connectivity index (χ0v) is 12.9. The molecule has 0 atom stereocenters. The quantitative estimate of drug-likeness (QED) is 0.687. The molecule has 0 heterocycles. The number of hydrogen-bond acceptors (Lipinski definition) is 3. The second-order valence-corrected chi connectivity index (χ2v) is 4.57. The molecule has 0 radical (unpaired) electrons. The average molecular weight is 308 g/mol. The van der Waals surface area contributed by atoms with Crippen LogP contribution < -0.4 is 10.1 Å². The molecule has 1 aromatic rings. The Morgan fingerprint density at radius 3 is 2.68 bits per heavy atom. The zero-order valence-electron chi connectivity index (χ0n) is 11.3. The summed E-state index contributed by atoms with van der Waals surface area (Å²) in [6, 6.07) is 5.87. The standard InChI is InChI=1S/C14H22ClNO2.ClH/c1-2-18-14-7-6-12(10-13(14)15)11-16-8-4-3-5-9-17;/h6-7,10,16-17H,2-5,8-9,11H2,1H3;1H. The molecule has 0 aliphatic heterocycles. The predicted octanol–water partition coefficient (Wildman–Crippen LogP) is 3.41. The topological polar surface area (TPSA) is 41.5 Å². The minimum Gasteiger partial charge on any atom is -0.492 e. The zero-order chi connectivity index (χ0) is 13.2. The largest absolute Gasteiger partial charge is 0.492 e. The Kier molecular flexibility index (Phi) is 11.1. The summed E-state index contributed by atoms with van der Waals surface area (Å²) in [5.41, 5.74) is 1.16. The summed E-state index contributed by atoms with van der Waals surface area (Å²) in [5.74, 6) is 0.742. The van der Waals surface area contributed by atoms with E-state index in [0.29, 0.717) is 11.6 Å². The van der Waals surface area contributed by atoms with Gasteiger partial charge in [-0.1, -0.05) is 17.7 Å². The molecule has 19 heavy (non-hydrogen) atoms. The summed E-state index contributed by atoms with van der Waals surface area (Å²) in [5, 5.41) is 12.7. The van der Waals surface area contributed by atoms with Crippen LogP contribution in [0, 0.1) is 0 Å². The molecular weight excluding hydrogens is 285 g/mol. The lowest BCUT2D eigenvalue weighted by Gasteiger charge is -2.08. The molecule has 0 aromatic heterocycles.